The molecule has 1 saturated heterocycles. The number of hydrogen-bond donors (Lipinski definition) is 1. The van der Waals surface area contributed by atoms with Crippen molar-refractivity contribution in [2.75, 3.05) is 36.5 Å². The van der Waals surface area contributed by atoms with Crippen molar-refractivity contribution in [2.45, 2.75) is 31.3 Å². The van der Waals surface area contributed by atoms with E-state index >= 15 is 0 Å². The van der Waals surface area contributed by atoms with E-state index in [2.05, 4.69) is 15.2 Å². The van der Waals surface area contributed by atoms with Gasteiger partial charge in [0.05, 0.1) is 24.3 Å². The molecule has 1 aromatic carbocycles. The summed E-state index contributed by atoms with van der Waals surface area (Å²) in [5.74, 6) is 1.32. The van der Waals surface area contributed by atoms with Gasteiger partial charge in [0.25, 0.3) is 0 Å². The second kappa shape index (κ2) is 6.20. The van der Waals surface area contributed by atoms with Crippen LogP contribution >= 0.6 is 0 Å². The summed E-state index contributed by atoms with van der Waals surface area (Å²) in [5, 5.41) is 3.39. The molecule has 0 radical (unpaired) electrons. The second-order valence-electron chi connectivity index (χ2n) is 7.81. The van der Waals surface area contributed by atoms with Crippen molar-refractivity contribution in [3.8, 4) is 0 Å². The Kier molecular flexibility index (Phi) is 3.81. The molecule has 0 unspecified atom stereocenters. The number of hydrogen-bond acceptors (Lipinski definition) is 5. The van der Waals surface area contributed by atoms with E-state index < -0.39 is 0 Å². The van der Waals surface area contributed by atoms with Gasteiger partial charge in [-0.3, -0.25) is 0 Å². The molecule has 5 nitrogen and oxygen atoms in total. The van der Waals surface area contributed by atoms with Crippen LogP contribution in [0.15, 0.2) is 30.5 Å². The first-order chi connectivity index (χ1) is 12.7. The first-order valence-electron chi connectivity index (χ1n) is 9.40. The van der Waals surface area contributed by atoms with E-state index in [1.54, 1.807) is 0 Å². The Morgan fingerprint density at radius 3 is 2.92 bits per heavy atom. The van der Waals surface area contributed by atoms with Crippen molar-refractivity contribution in [3.63, 3.8) is 0 Å². The normalized spacial score (nSPS) is 24.7. The minimum absolute atomic E-state index is 0.110. The molecule has 2 fully saturated rings. The van der Waals surface area contributed by atoms with Crippen LogP contribution in [0.4, 0.5) is 16.0 Å². The Labute approximate surface area is 152 Å². The highest BCUT2D eigenvalue weighted by atomic mass is 19.1. The van der Waals surface area contributed by atoms with Gasteiger partial charge in [-0.15, -0.1) is 0 Å². The van der Waals surface area contributed by atoms with Crippen LogP contribution in [0.3, 0.4) is 0 Å². The van der Waals surface area contributed by atoms with Gasteiger partial charge in [0.15, 0.2) is 0 Å². The first-order valence-corrected chi connectivity index (χ1v) is 9.40. The molecule has 1 spiro atoms. The molecule has 1 N–H and O–H groups in total. The molecule has 1 saturated carbocycles. The van der Waals surface area contributed by atoms with Crippen LogP contribution in [0.5, 0.6) is 0 Å². The third kappa shape index (κ3) is 2.92. The van der Waals surface area contributed by atoms with Gasteiger partial charge in [-0.1, -0.05) is 0 Å². The Bertz CT molecular complexity index is 808. The molecule has 0 amide bonds. The summed E-state index contributed by atoms with van der Waals surface area (Å²) >= 11 is 0. The Morgan fingerprint density at radius 2 is 2.12 bits per heavy atom. The van der Waals surface area contributed by atoms with E-state index in [-0.39, 0.29) is 11.2 Å². The molecule has 3 aliphatic rings. The molecule has 2 aromatic rings. The minimum atomic E-state index is -0.201. The average Bonchev–Trinajstić information content (AvgIpc) is 3.41. The van der Waals surface area contributed by atoms with E-state index in [1.807, 2.05) is 18.3 Å². The number of fused-ring (bicyclic) bond motifs is 2. The summed E-state index contributed by atoms with van der Waals surface area (Å²) in [7, 11) is 0. The monoisotopic (exact) mass is 354 g/mol. The van der Waals surface area contributed by atoms with Gasteiger partial charge < -0.3 is 15.0 Å². The molecule has 3 heterocycles. The van der Waals surface area contributed by atoms with Gasteiger partial charge in [0.2, 0.25) is 5.95 Å². The van der Waals surface area contributed by atoms with Crippen LogP contribution in [0, 0.1) is 11.7 Å². The van der Waals surface area contributed by atoms with E-state index in [1.165, 1.54) is 25.0 Å². The van der Waals surface area contributed by atoms with Crippen LogP contribution in [0.25, 0.3) is 0 Å². The van der Waals surface area contributed by atoms with Crippen molar-refractivity contribution < 1.29 is 9.13 Å². The fraction of sp³-hybridized carbons (Fsp3) is 0.500. The topological polar surface area (TPSA) is 50.3 Å². The van der Waals surface area contributed by atoms with Crippen LogP contribution in [0.1, 0.15) is 30.5 Å². The van der Waals surface area contributed by atoms with Gasteiger partial charge in [-0.25, -0.2) is 14.4 Å². The lowest BCUT2D eigenvalue weighted by Crippen LogP contribution is -2.40. The number of anilines is 2. The molecule has 0 bridgehead atoms. The highest BCUT2D eigenvalue weighted by Crippen LogP contribution is 2.40. The number of nitrogens with zero attached hydrogens (tertiary/aromatic N) is 3. The maximum atomic E-state index is 13.2. The number of rotatable bonds is 4. The van der Waals surface area contributed by atoms with Crippen LogP contribution < -0.4 is 10.2 Å². The Morgan fingerprint density at radius 1 is 1.27 bits per heavy atom. The number of benzene rings is 1. The molecule has 6 heteroatoms. The molecule has 1 aliphatic carbocycles. The summed E-state index contributed by atoms with van der Waals surface area (Å²) in [4.78, 5) is 11.7. The van der Waals surface area contributed by atoms with Crippen LogP contribution in [0.2, 0.25) is 0 Å². The van der Waals surface area contributed by atoms with Crippen LogP contribution in [-0.2, 0) is 16.8 Å². The zero-order chi connectivity index (χ0) is 17.6. The van der Waals surface area contributed by atoms with Crippen LogP contribution in [-0.4, -0.2) is 36.2 Å². The lowest BCUT2D eigenvalue weighted by molar-refractivity contribution is 0.0557. The number of halogens is 1. The molecule has 1 aromatic heterocycles. The predicted molar refractivity (Wildman–Crippen MR) is 97.8 cm³/mol. The average molecular weight is 354 g/mol. The lowest BCUT2D eigenvalue weighted by atomic mass is 9.80. The second-order valence-corrected chi connectivity index (χ2v) is 7.81. The zero-order valence-electron chi connectivity index (χ0n) is 14.7. The van der Waals surface area contributed by atoms with E-state index in [0.717, 1.165) is 54.9 Å². The van der Waals surface area contributed by atoms with Crippen molar-refractivity contribution in [1.29, 1.82) is 0 Å². The van der Waals surface area contributed by atoms with Gasteiger partial charge in [-0.05, 0) is 49.4 Å². The first kappa shape index (κ1) is 16.0. The zero-order valence-corrected chi connectivity index (χ0v) is 14.7. The SMILES string of the molecule is Fc1ccc(N2CC[C@]3(COCc4cnc(NCC5CC5)nc43)C2)cc1. The quantitative estimate of drug-likeness (QED) is 0.914. The summed E-state index contributed by atoms with van der Waals surface area (Å²) in [6, 6.07) is 6.74. The van der Waals surface area contributed by atoms with E-state index in [9.17, 15) is 4.39 Å². The van der Waals surface area contributed by atoms with Crippen molar-refractivity contribution >= 4 is 11.6 Å². The van der Waals surface area contributed by atoms with Crippen molar-refractivity contribution in [1.82, 2.24) is 9.97 Å². The summed E-state index contributed by atoms with van der Waals surface area (Å²) < 4.78 is 19.1. The maximum Gasteiger partial charge on any atom is 0.222 e. The van der Waals surface area contributed by atoms with Crippen molar-refractivity contribution in [2.24, 2.45) is 5.92 Å². The van der Waals surface area contributed by atoms with Gasteiger partial charge in [0, 0.05) is 37.1 Å². The molecular formula is C20H23FN4O. The smallest absolute Gasteiger partial charge is 0.222 e. The largest absolute Gasteiger partial charge is 0.376 e. The fourth-order valence-corrected chi connectivity index (χ4v) is 4.09. The fourth-order valence-electron chi connectivity index (χ4n) is 4.09. The van der Waals surface area contributed by atoms with Gasteiger partial charge in [-0.2, -0.15) is 0 Å². The summed E-state index contributed by atoms with van der Waals surface area (Å²) in [6.45, 7) is 3.98. The number of aromatic nitrogens is 2. The standard InChI is InChI=1S/C20H23FN4O/c21-16-3-5-17(6-4-16)25-8-7-20(12-25)13-26-11-15-10-23-19(24-18(15)20)22-9-14-1-2-14/h3-6,10,14H,1-2,7-9,11-13H2,(H,22,23,24)/t20-/m1/s1. The minimum Gasteiger partial charge on any atom is -0.376 e. The molecule has 5 rings (SSSR count). The third-order valence-corrected chi connectivity index (χ3v) is 5.79. The number of ether oxygens (including phenoxy) is 1. The molecule has 136 valence electrons. The predicted octanol–water partition coefficient (Wildman–Crippen LogP) is 3.12. The van der Waals surface area contributed by atoms with E-state index in [4.69, 9.17) is 9.72 Å². The Balaban J connectivity index is 1.41. The lowest BCUT2D eigenvalue weighted by Gasteiger charge is -2.34. The maximum absolute atomic E-state index is 13.2. The molecule has 1 atom stereocenters. The number of nitrogens with one attached hydrogen (secondary N) is 1. The molecule has 2 aliphatic heterocycles. The summed E-state index contributed by atoms with van der Waals surface area (Å²) in [5.41, 5.74) is 3.16. The summed E-state index contributed by atoms with van der Waals surface area (Å²) in [6.07, 6.45) is 5.51. The van der Waals surface area contributed by atoms with Gasteiger partial charge in [0.1, 0.15) is 5.82 Å². The Hall–Kier alpha value is -2.21. The van der Waals surface area contributed by atoms with Gasteiger partial charge >= 0.3 is 0 Å². The van der Waals surface area contributed by atoms with E-state index in [0.29, 0.717) is 13.2 Å². The third-order valence-electron chi connectivity index (χ3n) is 5.79. The van der Waals surface area contributed by atoms with Crippen molar-refractivity contribution in [3.05, 3.63) is 47.5 Å². The molecule has 26 heavy (non-hydrogen) atoms. The highest BCUT2D eigenvalue weighted by molar-refractivity contribution is 5.50. The highest BCUT2D eigenvalue weighted by Gasteiger charge is 2.45. The molecular weight excluding hydrogens is 331 g/mol.